The average molecular weight is 337 g/mol. The third-order valence-electron chi connectivity index (χ3n) is 6.31. The van der Waals surface area contributed by atoms with E-state index in [1.807, 2.05) is 0 Å². The quantitative estimate of drug-likeness (QED) is 0.704. The molecule has 2 heterocycles. The first-order chi connectivity index (χ1) is 12.4. The van der Waals surface area contributed by atoms with E-state index in [2.05, 4.69) is 58.2 Å². The van der Waals surface area contributed by atoms with E-state index in [9.17, 15) is 0 Å². The van der Waals surface area contributed by atoms with Crippen LogP contribution in [-0.4, -0.2) is 0 Å². The molecular formula is C23H32N2+2. The fraction of sp³-hybridized carbons (Fsp3) is 0.565. The van der Waals surface area contributed by atoms with Crippen molar-refractivity contribution in [2.24, 2.45) is 0 Å². The molecule has 2 fully saturated rings. The third kappa shape index (κ3) is 4.29. The van der Waals surface area contributed by atoms with E-state index in [0.717, 1.165) is 18.5 Å². The summed E-state index contributed by atoms with van der Waals surface area (Å²) in [5.41, 5.74) is 3.07. The van der Waals surface area contributed by atoms with Gasteiger partial charge < -0.3 is 0 Å². The van der Waals surface area contributed by atoms with E-state index >= 15 is 0 Å². The Bertz CT molecular complexity index is 588. The normalized spacial score (nSPS) is 19.8. The van der Waals surface area contributed by atoms with Crippen LogP contribution in [0.15, 0.2) is 49.1 Å². The lowest BCUT2D eigenvalue weighted by molar-refractivity contribution is -0.913. The van der Waals surface area contributed by atoms with E-state index < -0.39 is 0 Å². The van der Waals surface area contributed by atoms with Gasteiger partial charge in [-0.1, -0.05) is 38.5 Å². The predicted octanol–water partition coefficient (Wildman–Crippen LogP) is 4.86. The smallest absolute Gasteiger partial charge is 0.147 e. The Hall–Kier alpha value is -1.70. The summed E-state index contributed by atoms with van der Waals surface area (Å²) in [6.07, 6.45) is 23.0. The maximum absolute atomic E-state index is 2.34. The second-order valence-corrected chi connectivity index (χ2v) is 8.10. The highest BCUT2D eigenvalue weighted by molar-refractivity contribution is 5.15. The number of rotatable bonds is 4. The minimum absolute atomic E-state index is 0.797. The molecule has 2 heteroatoms. The van der Waals surface area contributed by atoms with Gasteiger partial charge in [-0.2, -0.15) is 0 Å². The highest BCUT2D eigenvalue weighted by Gasteiger charge is 2.18. The zero-order valence-corrected chi connectivity index (χ0v) is 15.4. The predicted molar refractivity (Wildman–Crippen MR) is 100 cm³/mol. The topological polar surface area (TPSA) is 7.76 Å². The molecule has 25 heavy (non-hydrogen) atoms. The van der Waals surface area contributed by atoms with Crippen molar-refractivity contribution in [3.05, 3.63) is 60.2 Å². The Morgan fingerprint density at radius 3 is 1.28 bits per heavy atom. The molecule has 0 amide bonds. The van der Waals surface area contributed by atoms with Crippen LogP contribution >= 0.6 is 0 Å². The SMILES string of the molecule is c1c[n+](C[n+]2ccc(C3CCCCC3)cc2)ccc1C1CCCCC1. The first-order valence-electron chi connectivity index (χ1n) is 10.4. The summed E-state index contributed by atoms with van der Waals surface area (Å²) in [4.78, 5) is 0. The summed E-state index contributed by atoms with van der Waals surface area (Å²) in [6, 6.07) is 9.36. The van der Waals surface area contributed by atoms with Gasteiger partial charge >= 0.3 is 6.67 Å². The van der Waals surface area contributed by atoms with Gasteiger partial charge in [-0.05, 0) is 48.6 Å². The van der Waals surface area contributed by atoms with Gasteiger partial charge in [0.2, 0.25) is 0 Å². The second kappa shape index (κ2) is 8.12. The Kier molecular flexibility index (Phi) is 5.44. The fourth-order valence-corrected chi connectivity index (χ4v) is 4.73. The van der Waals surface area contributed by atoms with Crippen LogP contribution in [0.4, 0.5) is 0 Å². The van der Waals surface area contributed by atoms with E-state index in [1.165, 1.54) is 75.3 Å². The second-order valence-electron chi connectivity index (χ2n) is 8.10. The molecule has 0 unspecified atom stereocenters. The van der Waals surface area contributed by atoms with Crippen molar-refractivity contribution in [2.75, 3.05) is 0 Å². The third-order valence-corrected chi connectivity index (χ3v) is 6.31. The molecule has 2 aromatic heterocycles. The first-order valence-corrected chi connectivity index (χ1v) is 10.4. The standard InChI is InChI=1S/C23H32N2/c1-3-7-20(8-4-1)22-11-15-24(16-12-22)19-25-17-13-23(14-18-25)21-9-5-2-6-10-21/h11-18,20-21H,1-10,19H2/q+2. The first kappa shape index (κ1) is 16.8. The van der Waals surface area contributed by atoms with Crippen LogP contribution in [0.2, 0.25) is 0 Å². The highest BCUT2D eigenvalue weighted by Crippen LogP contribution is 2.32. The Balaban J connectivity index is 1.38. The molecule has 4 rings (SSSR count). The van der Waals surface area contributed by atoms with Crippen LogP contribution < -0.4 is 9.13 Å². The van der Waals surface area contributed by atoms with Crippen LogP contribution in [-0.2, 0) is 6.67 Å². The molecular weight excluding hydrogens is 304 g/mol. The van der Waals surface area contributed by atoms with Crippen molar-refractivity contribution < 1.29 is 9.13 Å². The Morgan fingerprint density at radius 1 is 0.560 bits per heavy atom. The summed E-state index contributed by atoms with van der Waals surface area (Å²) >= 11 is 0. The highest BCUT2D eigenvalue weighted by atomic mass is 15.1. The molecule has 0 atom stereocenters. The van der Waals surface area contributed by atoms with Crippen molar-refractivity contribution in [1.29, 1.82) is 0 Å². The molecule has 2 saturated carbocycles. The van der Waals surface area contributed by atoms with Crippen LogP contribution in [0.25, 0.3) is 0 Å². The number of hydrogen-bond acceptors (Lipinski definition) is 0. The van der Waals surface area contributed by atoms with Crippen molar-refractivity contribution in [3.63, 3.8) is 0 Å². The van der Waals surface area contributed by atoms with Crippen LogP contribution in [0.3, 0.4) is 0 Å². The van der Waals surface area contributed by atoms with Crippen LogP contribution in [0.1, 0.15) is 87.2 Å². The van der Waals surface area contributed by atoms with Crippen LogP contribution in [0.5, 0.6) is 0 Å². The van der Waals surface area contributed by atoms with Gasteiger partial charge in [-0.25, -0.2) is 0 Å². The van der Waals surface area contributed by atoms with Gasteiger partial charge in [0.05, 0.1) is 0 Å². The molecule has 2 nitrogen and oxygen atoms in total. The number of nitrogens with zero attached hydrogens (tertiary/aromatic N) is 2. The maximum Gasteiger partial charge on any atom is 0.343 e. The van der Waals surface area contributed by atoms with Crippen molar-refractivity contribution in [2.45, 2.75) is 82.7 Å². The monoisotopic (exact) mass is 336 g/mol. The molecule has 2 aliphatic carbocycles. The number of hydrogen-bond donors (Lipinski definition) is 0. The van der Waals surface area contributed by atoms with Crippen molar-refractivity contribution >= 4 is 0 Å². The minimum atomic E-state index is 0.797. The largest absolute Gasteiger partial charge is 0.343 e. The molecule has 0 bridgehead atoms. The summed E-state index contributed by atoms with van der Waals surface area (Å²) in [6.45, 7) is 0.899. The van der Waals surface area contributed by atoms with E-state index in [0.29, 0.717) is 0 Å². The lowest BCUT2D eigenvalue weighted by Crippen LogP contribution is -2.50. The van der Waals surface area contributed by atoms with E-state index in [4.69, 9.17) is 0 Å². The summed E-state index contributed by atoms with van der Waals surface area (Å²) in [5.74, 6) is 1.59. The lowest BCUT2D eigenvalue weighted by atomic mass is 9.84. The summed E-state index contributed by atoms with van der Waals surface area (Å²) < 4.78 is 4.57. The van der Waals surface area contributed by atoms with E-state index in [1.54, 1.807) is 0 Å². The fourth-order valence-electron chi connectivity index (χ4n) is 4.73. The van der Waals surface area contributed by atoms with E-state index in [-0.39, 0.29) is 0 Å². The van der Waals surface area contributed by atoms with Gasteiger partial charge in [0, 0.05) is 24.3 Å². The molecule has 0 radical (unpaired) electrons. The molecule has 0 aromatic carbocycles. The number of aromatic nitrogens is 2. The van der Waals surface area contributed by atoms with Gasteiger partial charge in [0.15, 0.2) is 24.8 Å². The molecule has 0 aliphatic heterocycles. The molecule has 2 aliphatic rings. The summed E-state index contributed by atoms with van der Waals surface area (Å²) in [5, 5.41) is 0. The maximum atomic E-state index is 2.34. The van der Waals surface area contributed by atoms with Crippen LogP contribution in [0, 0.1) is 0 Å². The minimum Gasteiger partial charge on any atom is -0.147 e. The molecule has 0 spiro atoms. The van der Waals surface area contributed by atoms with Gasteiger partial charge in [-0.15, -0.1) is 9.13 Å². The summed E-state index contributed by atoms with van der Waals surface area (Å²) in [7, 11) is 0. The molecule has 0 N–H and O–H groups in total. The molecule has 2 aromatic rings. The van der Waals surface area contributed by atoms with Gasteiger partial charge in [0.25, 0.3) is 0 Å². The lowest BCUT2D eigenvalue weighted by Gasteiger charge is -2.21. The zero-order chi connectivity index (χ0) is 16.9. The molecule has 0 saturated heterocycles. The Morgan fingerprint density at radius 2 is 0.920 bits per heavy atom. The Labute approximate surface area is 152 Å². The zero-order valence-electron chi connectivity index (χ0n) is 15.4. The average Bonchev–Trinajstić information content (AvgIpc) is 2.71. The van der Waals surface area contributed by atoms with Gasteiger partial charge in [0.1, 0.15) is 0 Å². The van der Waals surface area contributed by atoms with Crippen molar-refractivity contribution in [3.8, 4) is 0 Å². The van der Waals surface area contributed by atoms with Gasteiger partial charge in [-0.3, -0.25) is 0 Å². The number of pyridine rings is 2. The molecule has 132 valence electrons. The van der Waals surface area contributed by atoms with Crippen molar-refractivity contribution in [1.82, 2.24) is 0 Å².